The Labute approximate surface area is 185 Å². The molecule has 0 saturated heterocycles. The maximum atomic E-state index is 12.6. The van der Waals surface area contributed by atoms with E-state index in [1.165, 1.54) is 12.5 Å². The van der Waals surface area contributed by atoms with Crippen LogP contribution in [0, 0.1) is 5.92 Å². The second kappa shape index (κ2) is 13.0. The minimum absolute atomic E-state index is 0.0681. The van der Waals surface area contributed by atoms with E-state index in [1.807, 2.05) is 13.8 Å². The third-order valence-corrected chi connectivity index (χ3v) is 4.41. The number of rotatable bonds is 14. The number of aromatic nitrogens is 2. The Balaban J connectivity index is 2.73. The Morgan fingerprint density at radius 3 is 2.34 bits per heavy atom. The van der Waals surface area contributed by atoms with E-state index in [2.05, 4.69) is 25.9 Å². The molecule has 0 fully saturated rings. The molecular formula is C19H31N7O6. The van der Waals surface area contributed by atoms with Gasteiger partial charge in [0.15, 0.2) is 0 Å². The first-order valence-corrected chi connectivity index (χ1v) is 10.1. The lowest BCUT2D eigenvalue weighted by Gasteiger charge is -2.21. The van der Waals surface area contributed by atoms with E-state index in [9.17, 15) is 29.1 Å². The number of imidazole rings is 1. The predicted octanol–water partition coefficient (Wildman–Crippen LogP) is -2.24. The van der Waals surface area contributed by atoms with Crippen molar-refractivity contribution in [3.63, 3.8) is 0 Å². The molecule has 0 saturated carbocycles. The van der Waals surface area contributed by atoms with E-state index in [-0.39, 0.29) is 25.2 Å². The van der Waals surface area contributed by atoms with Crippen LogP contribution < -0.4 is 27.4 Å². The molecule has 0 spiro atoms. The van der Waals surface area contributed by atoms with Crippen LogP contribution in [0.5, 0.6) is 0 Å². The van der Waals surface area contributed by atoms with E-state index >= 15 is 0 Å². The van der Waals surface area contributed by atoms with Crippen LogP contribution >= 0.6 is 0 Å². The van der Waals surface area contributed by atoms with Gasteiger partial charge >= 0.3 is 5.97 Å². The Morgan fingerprint density at radius 1 is 1.12 bits per heavy atom. The van der Waals surface area contributed by atoms with Gasteiger partial charge in [-0.25, -0.2) is 9.78 Å². The summed E-state index contributed by atoms with van der Waals surface area (Å²) in [7, 11) is 0. The van der Waals surface area contributed by atoms with Crippen molar-refractivity contribution < 1.29 is 29.1 Å². The van der Waals surface area contributed by atoms with E-state index in [1.54, 1.807) is 0 Å². The fraction of sp³-hybridized carbons (Fsp3) is 0.579. The van der Waals surface area contributed by atoms with Crippen molar-refractivity contribution in [2.45, 2.75) is 57.7 Å². The Hall–Kier alpha value is -3.48. The molecule has 0 radical (unpaired) electrons. The topological polar surface area (TPSA) is 222 Å². The van der Waals surface area contributed by atoms with Crippen molar-refractivity contribution in [3.8, 4) is 0 Å². The molecule has 4 amide bonds. The third-order valence-electron chi connectivity index (χ3n) is 4.41. The average Bonchev–Trinajstić information content (AvgIpc) is 3.20. The van der Waals surface area contributed by atoms with Gasteiger partial charge in [-0.05, 0) is 18.8 Å². The van der Waals surface area contributed by atoms with Gasteiger partial charge in [-0.1, -0.05) is 13.8 Å². The molecule has 0 aliphatic rings. The zero-order chi connectivity index (χ0) is 24.3. The molecule has 0 bridgehead atoms. The number of carbonyl (C=O) groups is 5. The van der Waals surface area contributed by atoms with Crippen LogP contribution in [0.15, 0.2) is 12.5 Å². The molecule has 1 aromatic heterocycles. The number of nitrogens with zero attached hydrogens (tertiary/aromatic N) is 1. The van der Waals surface area contributed by atoms with Crippen molar-refractivity contribution in [2.24, 2.45) is 17.4 Å². The van der Waals surface area contributed by atoms with Crippen LogP contribution in [-0.4, -0.2) is 69.3 Å². The van der Waals surface area contributed by atoms with Gasteiger partial charge < -0.3 is 37.5 Å². The molecule has 32 heavy (non-hydrogen) atoms. The summed E-state index contributed by atoms with van der Waals surface area (Å²) < 4.78 is 0. The van der Waals surface area contributed by atoms with E-state index in [0.717, 1.165) is 0 Å². The van der Waals surface area contributed by atoms with Crippen LogP contribution in [0.3, 0.4) is 0 Å². The van der Waals surface area contributed by atoms with Crippen molar-refractivity contribution >= 4 is 29.6 Å². The molecular weight excluding hydrogens is 422 g/mol. The molecule has 0 aromatic carbocycles. The molecule has 1 rings (SSSR count). The second-order valence-electron chi connectivity index (χ2n) is 7.76. The first-order chi connectivity index (χ1) is 15.0. The van der Waals surface area contributed by atoms with Crippen molar-refractivity contribution in [3.05, 3.63) is 18.2 Å². The van der Waals surface area contributed by atoms with Crippen LogP contribution in [0.4, 0.5) is 0 Å². The number of hydrogen-bond acceptors (Lipinski definition) is 7. The first kappa shape index (κ1) is 26.6. The third kappa shape index (κ3) is 10.0. The van der Waals surface area contributed by atoms with Gasteiger partial charge in [0.1, 0.15) is 12.1 Å². The number of carboxylic acids is 1. The highest BCUT2D eigenvalue weighted by molar-refractivity contribution is 5.92. The first-order valence-electron chi connectivity index (χ1n) is 10.1. The van der Waals surface area contributed by atoms with Gasteiger partial charge in [0.05, 0.1) is 18.9 Å². The molecule has 9 N–H and O–H groups in total. The minimum atomic E-state index is -1.30. The second-order valence-corrected chi connectivity index (χ2v) is 7.76. The Kier molecular flexibility index (Phi) is 10.8. The van der Waals surface area contributed by atoms with Crippen LogP contribution in [0.25, 0.3) is 0 Å². The summed E-state index contributed by atoms with van der Waals surface area (Å²) >= 11 is 0. The van der Waals surface area contributed by atoms with Crippen LogP contribution in [0.2, 0.25) is 0 Å². The zero-order valence-electron chi connectivity index (χ0n) is 18.1. The fourth-order valence-corrected chi connectivity index (χ4v) is 2.80. The van der Waals surface area contributed by atoms with Gasteiger partial charge in [-0.15, -0.1) is 0 Å². The largest absolute Gasteiger partial charge is 0.480 e. The summed E-state index contributed by atoms with van der Waals surface area (Å²) in [5.74, 6) is -3.83. The number of carboxylic acid groups (broad SMARTS) is 1. The maximum absolute atomic E-state index is 12.6. The Bertz CT molecular complexity index is 796. The number of aromatic amines is 1. The summed E-state index contributed by atoms with van der Waals surface area (Å²) in [5, 5.41) is 16.5. The monoisotopic (exact) mass is 453 g/mol. The molecule has 1 heterocycles. The molecule has 13 heteroatoms. The molecule has 3 unspecified atom stereocenters. The van der Waals surface area contributed by atoms with E-state index in [0.29, 0.717) is 12.1 Å². The zero-order valence-corrected chi connectivity index (χ0v) is 18.1. The molecule has 178 valence electrons. The van der Waals surface area contributed by atoms with Gasteiger partial charge in [0.2, 0.25) is 23.6 Å². The van der Waals surface area contributed by atoms with E-state index in [4.69, 9.17) is 11.5 Å². The highest BCUT2D eigenvalue weighted by Crippen LogP contribution is 2.04. The number of hydrogen-bond donors (Lipinski definition) is 7. The number of primary amides is 1. The maximum Gasteiger partial charge on any atom is 0.326 e. The lowest BCUT2D eigenvalue weighted by atomic mass is 10.0. The van der Waals surface area contributed by atoms with Gasteiger partial charge in [0.25, 0.3) is 0 Å². The quantitative estimate of drug-likeness (QED) is 0.163. The highest BCUT2D eigenvalue weighted by atomic mass is 16.4. The molecule has 0 aliphatic heterocycles. The summed E-state index contributed by atoms with van der Waals surface area (Å²) in [5.41, 5.74) is 11.4. The van der Waals surface area contributed by atoms with Crippen molar-refractivity contribution in [2.75, 3.05) is 6.54 Å². The SMILES string of the molecule is CC(C)CC(N)C(=O)NCC(=O)NC(CCC(N)=O)C(=O)NC(Cc1cnc[nH]1)C(=O)O. The van der Waals surface area contributed by atoms with Crippen LogP contribution in [-0.2, 0) is 30.4 Å². The van der Waals surface area contributed by atoms with Gasteiger partial charge in [-0.3, -0.25) is 19.2 Å². The van der Waals surface area contributed by atoms with Gasteiger partial charge in [-0.2, -0.15) is 0 Å². The number of H-pyrrole nitrogens is 1. The standard InChI is InChI=1S/C19H31N7O6/c1-10(2)5-12(20)17(29)23-8-16(28)25-13(3-4-15(21)27)18(30)26-14(19(31)32)6-11-7-22-9-24-11/h7,9-10,12-14H,3-6,8,20H2,1-2H3,(H2,21,27)(H,22,24)(H,23,29)(H,25,28)(H,26,30)(H,31,32). The number of nitrogens with one attached hydrogen (secondary N) is 4. The lowest BCUT2D eigenvalue weighted by molar-refractivity contribution is -0.142. The minimum Gasteiger partial charge on any atom is -0.480 e. The average molecular weight is 454 g/mol. The normalized spacial score (nSPS) is 13.6. The highest BCUT2D eigenvalue weighted by Gasteiger charge is 2.27. The summed E-state index contributed by atoms with van der Waals surface area (Å²) in [6.07, 6.45) is 2.78. The summed E-state index contributed by atoms with van der Waals surface area (Å²) in [6, 6.07) is -3.32. The van der Waals surface area contributed by atoms with Crippen molar-refractivity contribution in [1.82, 2.24) is 25.9 Å². The molecule has 0 aliphatic carbocycles. The number of nitrogens with two attached hydrogens (primary N) is 2. The summed E-state index contributed by atoms with van der Waals surface area (Å²) in [4.78, 5) is 66.0. The molecule has 1 aromatic rings. The summed E-state index contributed by atoms with van der Waals surface area (Å²) in [6.45, 7) is 3.36. The smallest absolute Gasteiger partial charge is 0.326 e. The predicted molar refractivity (Wildman–Crippen MR) is 113 cm³/mol. The number of aliphatic carboxylic acids is 1. The fourth-order valence-electron chi connectivity index (χ4n) is 2.80. The molecule has 3 atom stereocenters. The number of amides is 4. The molecule has 13 nitrogen and oxygen atoms in total. The lowest BCUT2D eigenvalue weighted by Crippen LogP contribution is -2.54. The van der Waals surface area contributed by atoms with Gasteiger partial charge in [0, 0.05) is 24.7 Å². The number of carbonyl (C=O) groups excluding carboxylic acids is 4. The van der Waals surface area contributed by atoms with Crippen LogP contribution in [0.1, 0.15) is 38.8 Å². The van der Waals surface area contributed by atoms with E-state index < -0.39 is 54.3 Å². The van der Waals surface area contributed by atoms with Crippen molar-refractivity contribution in [1.29, 1.82) is 0 Å². The Morgan fingerprint density at radius 2 is 1.81 bits per heavy atom.